The molecule has 2 aromatic rings. The summed E-state index contributed by atoms with van der Waals surface area (Å²) in [6.07, 6.45) is 5.73. The summed E-state index contributed by atoms with van der Waals surface area (Å²) in [7, 11) is 0. The number of guanidine groups is 1. The van der Waals surface area contributed by atoms with E-state index in [1.54, 1.807) is 0 Å². The Morgan fingerprint density at radius 1 is 1.10 bits per heavy atom. The summed E-state index contributed by atoms with van der Waals surface area (Å²) < 4.78 is 5.31. The highest BCUT2D eigenvalue weighted by atomic mass is 16.5. The van der Waals surface area contributed by atoms with Crippen LogP contribution in [0.3, 0.4) is 0 Å². The number of nitrogens with one attached hydrogen (secondary N) is 2. The molecule has 170 valence electrons. The van der Waals surface area contributed by atoms with Crippen molar-refractivity contribution in [2.24, 2.45) is 4.99 Å². The maximum absolute atomic E-state index is 5.31. The number of rotatable bonds is 10. The second-order valence-electron chi connectivity index (χ2n) is 8.58. The van der Waals surface area contributed by atoms with Gasteiger partial charge in [-0.05, 0) is 50.4 Å². The van der Waals surface area contributed by atoms with Crippen molar-refractivity contribution >= 4 is 5.96 Å². The monoisotopic (exact) mass is 426 g/mol. The van der Waals surface area contributed by atoms with Crippen LogP contribution in [0.4, 0.5) is 0 Å². The molecule has 2 heterocycles. The number of aliphatic imine (C=N–C) groups is 1. The molecule has 31 heavy (non-hydrogen) atoms. The van der Waals surface area contributed by atoms with E-state index < -0.39 is 0 Å². The molecule has 0 saturated carbocycles. The maximum Gasteiger partial charge on any atom is 0.226 e. The van der Waals surface area contributed by atoms with Crippen LogP contribution in [-0.2, 0) is 19.5 Å². The highest BCUT2D eigenvalue weighted by Crippen LogP contribution is 2.14. The van der Waals surface area contributed by atoms with Gasteiger partial charge in [0.05, 0.1) is 6.54 Å². The molecule has 7 nitrogen and oxygen atoms in total. The lowest BCUT2D eigenvalue weighted by atomic mass is 10.1. The van der Waals surface area contributed by atoms with Crippen molar-refractivity contribution in [3.8, 4) is 0 Å². The minimum absolute atomic E-state index is 0.293. The van der Waals surface area contributed by atoms with Crippen LogP contribution in [0.5, 0.6) is 0 Å². The van der Waals surface area contributed by atoms with Gasteiger partial charge in [0, 0.05) is 32.0 Å². The summed E-state index contributed by atoms with van der Waals surface area (Å²) in [4.78, 5) is 11.7. The molecule has 7 heteroatoms. The first-order valence-corrected chi connectivity index (χ1v) is 11.8. The van der Waals surface area contributed by atoms with Gasteiger partial charge in [-0.15, -0.1) is 0 Å². The van der Waals surface area contributed by atoms with Crippen LogP contribution in [0.1, 0.15) is 75.2 Å². The van der Waals surface area contributed by atoms with E-state index in [2.05, 4.69) is 70.7 Å². The highest BCUT2D eigenvalue weighted by molar-refractivity contribution is 5.79. The fourth-order valence-corrected chi connectivity index (χ4v) is 3.69. The van der Waals surface area contributed by atoms with Crippen molar-refractivity contribution in [1.82, 2.24) is 25.7 Å². The zero-order valence-corrected chi connectivity index (χ0v) is 19.4. The standard InChI is InChI=1S/C24H38N6O/c1-4-25-24(26-14-8-9-22-28-23(19(2)3)29-31-22)27-17-20-10-12-21(13-11-20)18-30-15-6-5-7-16-30/h10-13,19H,4-9,14-18H2,1-3H3,(H2,25,26,27). The Morgan fingerprint density at radius 2 is 1.84 bits per heavy atom. The van der Waals surface area contributed by atoms with Gasteiger partial charge in [0.2, 0.25) is 5.89 Å². The van der Waals surface area contributed by atoms with E-state index in [1.165, 1.54) is 43.5 Å². The Hall–Kier alpha value is -2.41. The predicted octanol–water partition coefficient (Wildman–Crippen LogP) is 3.87. The summed E-state index contributed by atoms with van der Waals surface area (Å²) in [5, 5.41) is 10.7. The molecular formula is C24H38N6O. The number of benzene rings is 1. The number of hydrogen-bond donors (Lipinski definition) is 2. The van der Waals surface area contributed by atoms with E-state index in [9.17, 15) is 0 Å². The molecular weight excluding hydrogens is 388 g/mol. The van der Waals surface area contributed by atoms with Gasteiger partial charge in [-0.1, -0.05) is 49.7 Å². The molecule has 0 unspecified atom stereocenters. The minimum Gasteiger partial charge on any atom is -0.357 e. The smallest absolute Gasteiger partial charge is 0.226 e. The van der Waals surface area contributed by atoms with Crippen LogP contribution in [-0.4, -0.2) is 47.2 Å². The molecule has 0 spiro atoms. The number of nitrogens with zero attached hydrogens (tertiary/aromatic N) is 4. The minimum atomic E-state index is 0.293. The van der Waals surface area contributed by atoms with Gasteiger partial charge >= 0.3 is 0 Å². The molecule has 0 radical (unpaired) electrons. The Labute approximate surface area is 186 Å². The molecule has 1 fully saturated rings. The maximum atomic E-state index is 5.31. The van der Waals surface area contributed by atoms with Crippen LogP contribution in [0.25, 0.3) is 0 Å². The lowest BCUT2D eigenvalue weighted by Crippen LogP contribution is -2.37. The predicted molar refractivity (Wildman–Crippen MR) is 125 cm³/mol. The van der Waals surface area contributed by atoms with Crippen LogP contribution < -0.4 is 10.6 Å². The Balaban J connectivity index is 1.42. The third-order valence-corrected chi connectivity index (χ3v) is 5.50. The summed E-state index contributed by atoms with van der Waals surface area (Å²) in [6, 6.07) is 8.90. The summed E-state index contributed by atoms with van der Waals surface area (Å²) in [6.45, 7) is 12.0. The third kappa shape index (κ3) is 7.98. The molecule has 1 aliphatic rings. The molecule has 0 amide bonds. The van der Waals surface area contributed by atoms with Crippen LogP contribution in [0.15, 0.2) is 33.8 Å². The number of aromatic nitrogens is 2. The van der Waals surface area contributed by atoms with Crippen molar-refractivity contribution in [3.63, 3.8) is 0 Å². The number of hydrogen-bond acceptors (Lipinski definition) is 5. The molecule has 2 N–H and O–H groups in total. The van der Waals surface area contributed by atoms with Crippen LogP contribution >= 0.6 is 0 Å². The van der Waals surface area contributed by atoms with E-state index in [1.807, 2.05) is 0 Å². The van der Waals surface area contributed by atoms with E-state index in [-0.39, 0.29) is 0 Å². The van der Waals surface area contributed by atoms with Gasteiger partial charge < -0.3 is 15.2 Å². The number of likely N-dealkylation sites (tertiary alicyclic amines) is 1. The van der Waals surface area contributed by atoms with Crippen molar-refractivity contribution in [3.05, 3.63) is 47.1 Å². The molecule has 1 aliphatic heterocycles. The van der Waals surface area contributed by atoms with E-state index in [4.69, 9.17) is 9.52 Å². The first-order valence-electron chi connectivity index (χ1n) is 11.8. The number of piperidine rings is 1. The average molecular weight is 427 g/mol. The molecule has 0 aliphatic carbocycles. The fraction of sp³-hybridized carbons (Fsp3) is 0.625. The normalized spacial score (nSPS) is 15.4. The fourth-order valence-electron chi connectivity index (χ4n) is 3.69. The van der Waals surface area contributed by atoms with Crippen LogP contribution in [0, 0.1) is 0 Å². The second-order valence-corrected chi connectivity index (χ2v) is 8.58. The Morgan fingerprint density at radius 3 is 2.52 bits per heavy atom. The summed E-state index contributed by atoms with van der Waals surface area (Å²) in [5.74, 6) is 2.62. The Bertz CT molecular complexity index is 793. The van der Waals surface area contributed by atoms with Crippen molar-refractivity contribution in [1.29, 1.82) is 0 Å². The van der Waals surface area contributed by atoms with Gasteiger partial charge in [-0.3, -0.25) is 4.90 Å². The quantitative estimate of drug-likeness (QED) is 0.341. The van der Waals surface area contributed by atoms with E-state index in [0.29, 0.717) is 18.4 Å². The number of aryl methyl sites for hydroxylation is 1. The molecule has 0 bridgehead atoms. The highest BCUT2D eigenvalue weighted by Gasteiger charge is 2.11. The largest absolute Gasteiger partial charge is 0.357 e. The second kappa shape index (κ2) is 12.4. The molecule has 0 atom stereocenters. The van der Waals surface area contributed by atoms with Crippen molar-refractivity contribution < 1.29 is 4.52 Å². The van der Waals surface area contributed by atoms with Gasteiger partial charge in [-0.25, -0.2) is 4.99 Å². The first kappa shape index (κ1) is 23.3. The van der Waals surface area contributed by atoms with Gasteiger partial charge in [0.25, 0.3) is 0 Å². The zero-order valence-electron chi connectivity index (χ0n) is 19.4. The SMILES string of the molecule is CCNC(=NCc1ccc(CN2CCCCC2)cc1)NCCCc1nc(C(C)C)no1. The molecule has 3 rings (SSSR count). The van der Waals surface area contributed by atoms with E-state index >= 15 is 0 Å². The lowest BCUT2D eigenvalue weighted by molar-refractivity contribution is 0.221. The topological polar surface area (TPSA) is 78.6 Å². The van der Waals surface area contributed by atoms with Gasteiger partial charge in [0.15, 0.2) is 11.8 Å². The molecule has 1 saturated heterocycles. The van der Waals surface area contributed by atoms with Crippen molar-refractivity contribution in [2.45, 2.75) is 71.9 Å². The third-order valence-electron chi connectivity index (χ3n) is 5.50. The van der Waals surface area contributed by atoms with E-state index in [0.717, 1.165) is 44.3 Å². The molecule has 1 aromatic heterocycles. The van der Waals surface area contributed by atoms with Crippen molar-refractivity contribution in [2.75, 3.05) is 26.2 Å². The summed E-state index contributed by atoms with van der Waals surface area (Å²) in [5.41, 5.74) is 2.62. The summed E-state index contributed by atoms with van der Waals surface area (Å²) >= 11 is 0. The first-order chi connectivity index (χ1) is 15.1. The molecule has 1 aromatic carbocycles. The lowest BCUT2D eigenvalue weighted by Gasteiger charge is -2.26. The van der Waals surface area contributed by atoms with Gasteiger partial charge in [0.1, 0.15) is 0 Å². The Kier molecular flexibility index (Phi) is 9.34. The van der Waals surface area contributed by atoms with Gasteiger partial charge in [-0.2, -0.15) is 4.98 Å². The zero-order chi connectivity index (χ0) is 21.9. The average Bonchev–Trinajstić information content (AvgIpc) is 3.26. The van der Waals surface area contributed by atoms with Crippen LogP contribution in [0.2, 0.25) is 0 Å².